The van der Waals surface area contributed by atoms with Crippen molar-refractivity contribution in [2.45, 2.75) is 85.7 Å². The van der Waals surface area contributed by atoms with Crippen molar-refractivity contribution in [2.75, 3.05) is 65.6 Å². The van der Waals surface area contributed by atoms with Crippen molar-refractivity contribution in [3.63, 3.8) is 0 Å². The topological polar surface area (TPSA) is 328 Å². The molecule has 8 aliphatic rings. The molecule has 12 N–H and O–H groups in total. The van der Waals surface area contributed by atoms with Gasteiger partial charge in [-0.25, -0.2) is 9.59 Å². The summed E-state index contributed by atoms with van der Waals surface area (Å²) in [4.78, 5) is 52.2. The maximum Gasteiger partial charge on any atom is 1.00 e. The maximum absolute atomic E-state index is 12.5. The average Bonchev–Trinajstić information content (AvgIpc) is 4.15. The molecule has 348 valence electrons. The van der Waals surface area contributed by atoms with Crippen molar-refractivity contribution >= 4 is 37.3 Å². The van der Waals surface area contributed by atoms with E-state index in [-0.39, 0.29) is 166 Å². The second kappa shape index (κ2) is 20.3. The molecule has 26 heteroatoms. The first-order valence-electron chi connectivity index (χ1n) is 21.9. The molecule has 0 bridgehead atoms. The van der Waals surface area contributed by atoms with E-state index in [1.165, 1.54) is 0 Å². The number of amides is 2. The van der Waals surface area contributed by atoms with E-state index >= 15 is 0 Å². The fourth-order valence-electron chi connectivity index (χ4n) is 9.57. The van der Waals surface area contributed by atoms with Crippen LogP contribution in [0.5, 0.6) is 23.0 Å². The van der Waals surface area contributed by atoms with Crippen molar-refractivity contribution in [3.8, 4) is 23.0 Å². The fourth-order valence-corrected chi connectivity index (χ4v) is 9.57. The number of carboxylic acids is 2. The molecule has 6 aliphatic heterocycles. The molecular weight excluding hydrogens is 888 g/mol. The van der Waals surface area contributed by atoms with Crippen LogP contribution < -0.4 is 100.0 Å². The standard InChI is InChI=1S/2C20H27BN3O8.2Na/c2*22-5-10-9-30-11(6-23-10)3-17(25)24-7-12(8-24)31-16-2-1-13-14-4-15(14)21(28,29)32-19(13)18(16)20(26)27;;/h2*1-2,10-12,14-15,23,28-29H,3-9,22H2,(H,26,27);;/q2*-1;2*+1/t2*10?,11?,14-,15-;;/m11../s1. The molecule has 0 spiro atoms. The van der Waals surface area contributed by atoms with E-state index in [2.05, 4.69) is 10.6 Å². The number of morpholine rings is 2. The van der Waals surface area contributed by atoms with Gasteiger partial charge in [-0.2, -0.15) is 0 Å². The molecule has 8 atom stereocenters. The summed E-state index contributed by atoms with van der Waals surface area (Å²) in [7, 11) is 0. The van der Waals surface area contributed by atoms with Gasteiger partial charge in [0.2, 0.25) is 11.8 Å². The number of carbonyl (C=O) groups is 4. The minimum Gasteiger partial charge on any atom is -0.669 e. The largest absolute Gasteiger partial charge is 1.00 e. The van der Waals surface area contributed by atoms with Gasteiger partial charge in [0, 0.05) is 38.3 Å². The first-order chi connectivity index (χ1) is 30.5. The molecule has 0 aromatic heterocycles. The molecule has 6 fully saturated rings. The third kappa shape index (κ3) is 10.5. The van der Waals surface area contributed by atoms with Gasteiger partial charge in [0.05, 0.1) is 75.9 Å². The monoisotopic (exact) mass is 942 g/mol. The zero-order valence-electron chi connectivity index (χ0n) is 37.0. The molecule has 66 heavy (non-hydrogen) atoms. The van der Waals surface area contributed by atoms with E-state index in [0.29, 0.717) is 89.5 Å². The van der Waals surface area contributed by atoms with E-state index in [1.807, 2.05) is 0 Å². The van der Waals surface area contributed by atoms with Crippen LogP contribution in [0.1, 0.15) is 69.4 Å². The van der Waals surface area contributed by atoms with Gasteiger partial charge in [-0.3, -0.25) is 9.59 Å². The van der Waals surface area contributed by atoms with Gasteiger partial charge >= 0.3 is 84.6 Å². The first kappa shape index (κ1) is 51.1. The number of hydrogen-bond donors (Lipinski definition) is 10. The molecule has 2 amide bonds. The zero-order chi connectivity index (χ0) is 45.2. The summed E-state index contributed by atoms with van der Waals surface area (Å²) in [5, 5.41) is 66.5. The molecule has 2 saturated carbocycles. The van der Waals surface area contributed by atoms with E-state index in [0.717, 1.165) is 0 Å². The van der Waals surface area contributed by atoms with E-state index in [1.54, 1.807) is 34.1 Å². The van der Waals surface area contributed by atoms with Gasteiger partial charge < -0.3 is 90.5 Å². The summed E-state index contributed by atoms with van der Waals surface area (Å²) in [5.74, 6) is -3.57. The number of nitrogens with one attached hydrogen (secondary N) is 2. The number of nitrogens with two attached hydrogens (primary N) is 2. The number of ether oxygens (including phenoxy) is 4. The van der Waals surface area contributed by atoms with Crippen LogP contribution in [0.25, 0.3) is 0 Å². The first-order valence-corrected chi connectivity index (χ1v) is 21.9. The zero-order valence-corrected chi connectivity index (χ0v) is 41.0. The van der Waals surface area contributed by atoms with Crippen molar-refractivity contribution in [1.29, 1.82) is 0 Å². The van der Waals surface area contributed by atoms with Crippen LogP contribution in [0.2, 0.25) is 11.6 Å². The molecule has 22 nitrogen and oxygen atoms in total. The Morgan fingerprint density at radius 2 is 1.03 bits per heavy atom. The van der Waals surface area contributed by atoms with Gasteiger partial charge in [-0.05, 0) is 35.1 Å². The number of likely N-dealkylation sites (tertiary alicyclic amines) is 2. The smallest absolute Gasteiger partial charge is 0.669 e. The van der Waals surface area contributed by atoms with Crippen LogP contribution in [0.4, 0.5) is 0 Å². The van der Waals surface area contributed by atoms with Crippen LogP contribution in [0, 0.1) is 0 Å². The number of nitrogens with zero attached hydrogens (tertiary/aromatic N) is 2. The number of hydrogen-bond acceptors (Lipinski definition) is 18. The Morgan fingerprint density at radius 1 is 0.652 bits per heavy atom. The van der Waals surface area contributed by atoms with Gasteiger partial charge in [0.25, 0.3) is 0 Å². The van der Waals surface area contributed by atoms with Crippen molar-refractivity contribution in [3.05, 3.63) is 46.5 Å². The van der Waals surface area contributed by atoms with E-state index < -0.39 is 37.1 Å². The van der Waals surface area contributed by atoms with Gasteiger partial charge in [-0.1, -0.05) is 36.6 Å². The molecule has 4 saturated heterocycles. The number of carbonyl (C=O) groups excluding carboxylic acids is 2. The van der Waals surface area contributed by atoms with E-state index in [4.69, 9.17) is 39.7 Å². The Hall–Kier alpha value is -2.75. The van der Waals surface area contributed by atoms with E-state index in [9.17, 15) is 49.5 Å². The van der Waals surface area contributed by atoms with Crippen LogP contribution in [-0.4, -0.2) is 179 Å². The fraction of sp³-hybridized carbons (Fsp3) is 0.600. The number of carboxylic acid groups (broad SMARTS) is 2. The van der Waals surface area contributed by atoms with Crippen LogP contribution in [-0.2, 0) is 19.1 Å². The number of rotatable bonds is 12. The molecule has 2 aromatic carbocycles. The summed E-state index contributed by atoms with van der Waals surface area (Å²) < 4.78 is 33.7. The Balaban J connectivity index is 0.000000191. The summed E-state index contributed by atoms with van der Waals surface area (Å²) in [6.07, 6.45) is 0.473. The summed E-state index contributed by atoms with van der Waals surface area (Å²) in [6.45, 7) is -1.80. The molecule has 0 radical (unpaired) electrons. The third-order valence-corrected chi connectivity index (χ3v) is 13.6. The summed E-state index contributed by atoms with van der Waals surface area (Å²) >= 11 is 0. The van der Waals surface area contributed by atoms with Gasteiger partial charge in [-0.15, -0.1) is 0 Å². The minimum absolute atomic E-state index is 0. The van der Waals surface area contributed by atoms with Crippen LogP contribution >= 0.6 is 0 Å². The average molecular weight is 943 g/mol. The second-order valence-corrected chi connectivity index (χ2v) is 18.2. The van der Waals surface area contributed by atoms with Crippen molar-refractivity contribution < 1.29 is 137 Å². The normalized spacial score (nSPS) is 29.5. The Morgan fingerprint density at radius 3 is 1.35 bits per heavy atom. The molecule has 2 aromatic rings. The minimum atomic E-state index is -3.09. The van der Waals surface area contributed by atoms with Crippen LogP contribution in [0.3, 0.4) is 0 Å². The maximum atomic E-state index is 12.5. The van der Waals surface area contributed by atoms with Gasteiger partial charge in [0.15, 0.2) is 0 Å². The van der Waals surface area contributed by atoms with Gasteiger partial charge in [0.1, 0.15) is 34.8 Å². The Bertz CT molecular complexity index is 2020. The Labute approximate surface area is 423 Å². The number of aromatic carboxylic acids is 2. The molecular formula is C40H54B2N6Na2O16. The summed E-state index contributed by atoms with van der Waals surface area (Å²) in [5.41, 5.74) is 12.1. The number of fused-ring (bicyclic) bond motifs is 6. The Kier molecular flexibility index (Phi) is 15.7. The molecule has 10 rings (SSSR count). The predicted octanol–water partition coefficient (Wildman–Crippen LogP) is -8.28. The predicted molar refractivity (Wildman–Crippen MR) is 223 cm³/mol. The number of benzene rings is 2. The summed E-state index contributed by atoms with van der Waals surface area (Å²) in [6, 6.07) is 6.82. The van der Waals surface area contributed by atoms with Crippen molar-refractivity contribution in [1.82, 2.24) is 20.4 Å². The third-order valence-electron chi connectivity index (χ3n) is 13.6. The second-order valence-electron chi connectivity index (χ2n) is 18.2. The molecule has 4 unspecified atom stereocenters. The quantitative estimate of drug-likeness (QED) is 0.0884. The molecule has 2 aliphatic carbocycles. The van der Waals surface area contributed by atoms with Crippen LogP contribution in [0.15, 0.2) is 24.3 Å². The molecule has 6 heterocycles. The SMILES string of the molecule is NCC1COC(CC(=O)N2CC(Oc3ccc4c(c3C(=O)O)O[B-](O)(O)[C@@H]3C[C@H]43)C2)CN1.NCC1COC(CC(=O)N2CC(Oc3ccc4c(c3C(=O)O)O[B-](O)(O)[C@@H]3C[C@H]43)C2)CN1.[Na+].[Na+]. The van der Waals surface area contributed by atoms with Crippen molar-refractivity contribution in [2.24, 2.45) is 11.5 Å².